The zero-order chi connectivity index (χ0) is 28.6. The second-order valence-corrected chi connectivity index (χ2v) is 8.59. The molecule has 10 atom stereocenters. The molecule has 2 aliphatic heterocycles. The Hall–Kier alpha value is -2.40. The summed E-state index contributed by atoms with van der Waals surface area (Å²) in [6.07, 6.45) is -11.5. The van der Waals surface area contributed by atoms with Gasteiger partial charge in [-0.05, 0) is 0 Å². The van der Waals surface area contributed by atoms with Crippen molar-refractivity contribution >= 4 is 23.9 Å². The molecule has 0 aromatic rings. The monoisotopic (exact) mass is 552 g/mol. The lowest BCUT2D eigenvalue weighted by molar-refractivity contribution is -0.246. The quantitative estimate of drug-likeness (QED) is 0.213. The molecule has 0 saturated carbocycles. The molecule has 2 aliphatic rings. The highest BCUT2D eigenvalue weighted by Gasteiger charge is 2.56. The summed E-state index contributed by atoms with van der Waals surface area (Å²) in [4.78, 5) is 47.2. The van der Waals surface area contributed by atoms with Gasteiger partial charge in [-0.3, -0.25) is 19.2 Å². The molecule has 2 saturated heterocycles. The summed E-state index contributed by atoms with van der Waals surface area (Å²) in [5.74, 6) is -2.91. The first-order chi connectivity index (χ1) is 17.9. The van der Waals surface area contributed by atoms with E-state index in [4.69, 9.17) is 47.4 Å². The molecular weight excluding hydrogens is 516 g/mol. The van der Waals surface area contributed by atoms with Crippen LogP contribution < -0.4 is 0 Å². The molecule has 2 fully saturated rings. The predicted octanol–water partition coefficient (Wildman–Crippen LogP) is -1.15. The third-order valence-corrected chi connectivity index (χ3v) is 5.72. The molecule has 2 rings (SSSR count). The van der Waals surface area contributed by atoms with Crippen LogP contribution in [0.2, 0.25) is 0 Å². The maximum atomic E-state index is 12.0. The largest absolute Gasteiger partial charge is 0.462 e. The van der Waals surface area contributed by atoms with Crippen LogP contribution in [-0.2, 0) is 66.5 Å². The number of carbonyl (C=O) groups excluding carboxylic acids is 4. The van der Waals surface area contributed by atoms with Crippen molar-refractivity contribution in [2.75, 3.05) is 34.5 Å². The van der Waals surface area contributed by atoms with Crippen LogP contribution in [0.3, 0.4) is 0 Å². The summed E-state index contributed by atoms with van der Waals surface area (Å²) >= 11 is 0. The number of aliphatic hydroxyl groups is 1. The van der Waals surface area contributed by atoms with E-state index in [-0.39, 0.29) is 6.61 Å². The highest BCUT2D eigenvalue weighted by molar-refractivity contribution is 5.68. The normalized spacial score (nSPS) is 32.3. The average Bonchev–Trinajstić information content (AvgIpc) is 3.31. The van der Waals surface area contributed by atoms with Crippen molar-refractivity contribution in [2.45, 2.75) is 89.1 Å². The highest BCUT2D eigenvalue weighted by atomic mass is 16.8. The van der Waals surface area contributed by atoms with Crippen LogP contribution in [0.5, 0.6) is 0 Å². The maximum absolute atomic E-state index is 12.0. The first-order valence-corrected chi connectivity index (χ1v) is 11.8. The fourth-order valence-electron chi connectivity index (χ4n) is 4.34. The number of methoxy groups -OCH3 is 3. The third-order valence-electron chi connectivity index (χ3n) is 5.72. The van der Waals surface area contributed by atoms with Gasteiger partial charge in [-0.15, -0.1) is 0 Å². The maximum Gasteiger partial charge on any atom is 0.303 e. The Bertz CT molecular complexity index is 819. The topological polar surface area (TPSA) is 181 Å². The fraction of sp³-hybridized carbons (Fsp3) is 0.826. The molecule has 2 heterocycles. The van der Waals surface area contributed by atoms with E-state index in [2.05, 4.69) is 0 Å². The Balaban J connectivity index is 2.43. The molecule has 0 radical (unpaired) electrons. The number of carbonyl (C=O) groups is 4. The number of aliphatic hydroxyl groups excluding tert-OH is 1. The first-order valence-electron chi connectivity index (χ1n) is 11.8. The summed E-state index contributed by atoms with van der Waals surface area (Å²) in [5.41, 5.74) is 0. The molecule has 0 aliphatic carbocycles. The smallest absolute Gasteiger partial charge is 0.303 e. The van der Waals surface area contributed by atoms with Crippen LogP contribution in [0.1, 0.15) is 27.7 Å². The number of hydrogen-bond acceptors (Lipinski definition) is 15. The van der Waals surface area contributed by atoms with Gasteiger partial charge < -0.3 is 52.5 Å². The number of rotatable bonds is 13. The summed E-state index contributed by atoms with van der Waals surface area (Å²) in [6.45, 7) is 4.00. The van der Waals surface area contributed by atoms with Gasteiger partial charge in [0.1, 0.15) is 37.1 Å². The van der Waals surface area contributed by atoms with Crippen LogP contribution in [0.25, 0.3) is 0 Å². The molecule has 38 heavy (non-hydrogen) atoms. The van der Waals surface area contributed by atoms with Crippen molar-refractivity contribution in [1.82, 2.24) is 0 Å². The van der Waals surface area contributed by atoms with Crippen molar-refractivity contribution in [3.05, 3.63) is 0 Å². The lowest BCUT2D eigenvalue weighted by Crippen LogP contribution is -2.48. The predicted molar refractivity (Wildman–Crippen MR) is 121 cm³/mol. The fourth-order valence-corrected chi connectivity index (χ4v) is 4.34. The highest BCUT2D eigenvalue weighted by Crippen LogP contribution is 2.35. The first kappa shape index (κ1) is 31.8. The number of hydrogen-bond donors (Lipinski definition) is 1. The zero-order valence-corrected chi connectivity index (χ0v) is 22.4. The lowest BCUT2D eigenvalue weighted by atomic mass is 10.0. The van der Waals surface area contributed by atoms with E-state index in [1.807, 2.05) is 0 Å². The molecule has 15 heteroatoms. The summed E-state index contributed by atoms with van der Waals surface area (Å²) in [6, 6.07) is 0. The van der Waals surface area contributed by atoms with Crippen molar-refractivity contribution in [1.29, 1.82) is 0 Å². The SMILES string of the molecule is COCC(O[C@@H]1OC(C(COC(C)=O)OC(C)=O)[C@@H](OC(C)=O)[C@H]1OC(C)=O)C1O[C@@H](O)[C@H](OC)[C@H]1OC. The van der Waals surface area contributed by atoms with Gasteiger partial charge in [0.25, 0.3) is 0 Å². The number of ether oxygens (including phenoxy) is 10. The molecule has 15 nitrogen and oxygen atoms in total. The Labute approximate surface area is 219 Å². The van der Waals surface area contributed by atoms with Gasteiger partial charge in [-0.25, -0.2) is 0 Å². The van der Waals surface area contributed by atoms with E-state index in [0.29, 0.717) is 0 Å². The van der Waals surface area contributed by atoms with Crippen LogP contribution in [0.4, 0.5) is 0 Å². The second-order valence-electron chi connectivity index (χ2n) is 8.59. The molecule has 4 unspecified atom stereocenters. The summed E-state index contributed by atoms with van der Waals surface area (Å²) in [7, 11) is 4.17. The van der Waals surface area contributed by atoms with Crippen molar-refractivity contribution in [2.24, 2.45) is 0 Å². The van der Waals surface area contributed by atoms with Gasteiger partial charge in [0.05, 0.1) is 6.61 Å². The molecule has 0 spiro atoms. The van der Waals surface area contributed by atoms with E-state index in [1.165, 1.54) is 21.3 Å². The standard InChI is InChI=1S/C23H36O15/c1-10(24)32-9-15(33-11(2)25)17-19(34-12(3)26)21(35-13(4)27)23(38-17)36-14(8-29-5)16-18(30-6)20(31-7)22(28)37-16/h14-23,28H,8-9H2,1-7H3/t14?,15?,16?,17?,18-,19+,20+,21+,22+,23+/m0/s1. The van der Waals surface area contributed by atoms with E-state index < -0.39 is 91.9 Å². The van der Waals surface area contributed by atoms with Crippen molar-refractivity contribution < 1.29 is 71.7 Å². The minimum atomic E-state index is -1.41. The van der Waals surface area contributed by atoms with Gasteiger partial charge in [-0.1, -0.05) is 0 Å². The number of esters is 4. The van der Waals surface area contributed by atoms with E-state index in [1.54, 1.807) is 0 Å². The molecule has 218 valence electrons. The van der Waals surface area contributed by atoms with Gasteiger partial charge in [0, 0.05) is 49.0 Å². The van der Waals surface area contributed by atoms with Crippen molar-refractivity contribution in [3.63, 3.8) is 0 Å². The Morgan fingerprint density at radius 3 is 1.79 bits per heavy atom. The lowest BCUT2D eigenvalue weighted by Gasteiger charge is -2.31. The van der Waals surface area contributed by atoms with E-state index in [0.717, 1.165) is 27.7 Å². The van der Waals surface area contributed by atoms with Gasteiger partial charge in [-0.2, -0.15) is 0 Å². The minimum absolute atomic E-state index is 0.0932. The van der Waals surface area contributed by atoms with Crippen LogP contribution >= 0.6 is 0 Å². The third kappa shape index (κ3) is 8.30. The molecule has 1 N–H and O–H groups in total. The molecular formula is C23H36O15. The van der Waals surface area contributed by atoms with Crippen LogP contribution in [0.15, 0.2) is 0 Å². The second kappa shape index (κ2) is 14.7. The Morgan fingerprint density at radius 1 is 0.711 bits per heavy atom. The summed E-state index contributed by atoms with van der Waals surface area (Å²) in [5, 5.41) is 10.3. The molecule has 0 amide bonds. The molecule has 0 aromatic heterocycles. The molecule has 0 aromatic carbocycles. The minimum Gasteiger partial charge on any atom is -0.462 e. The zero-order valence-electron chi connectivity index (χ0n) is 22.4. The van der Waals surface area contributed by atoms with Crippen molar-refractivity contribution in [3.8, 4) is 0 Å². The Morgan fingerprint density at radius 2 is 1.29 bits per heavy atom. The van der Waals surface area contributed by atoms with Gasteiger partial charge in [0.15, 0.2) is 30.9 Å². The average molecular weight is 553 g/mol. The van der Waals surface area contributed by atoms with Crippen LogP contribution in [0, 0.1) is 0 Å². The molecule has 0 bridgehead atoms. The van der Waals surface area contributed by atoms with Crippen LogP contribution in [-0.4, -0.2) is 125 Å². The van der Waals surface area contributed by atoms with E-state index in [9.17, 15) is 24.3 Å². The van der Waals surface area contributed by atoms with Gasteiger partial charge in [0.2, 0.25) is 0 Å². The Kier molecular flexibility index (Phi) is 12.3. The van der Waals surface area contributed by atoms with E-state index >= 15 is 0 Å². The summed E-state index contributed by atoms with van der Waals surface area (Å²) < 4.78 is 54.8. The van der Waals surface area contributed by atoms with Gasteiger partial charge >= 0.3 is 23.9 Å².